The Hall–Kier alpha value is -0.740. The number of nitrogens with zero attached hydrogens (tertiary/aromatic N) is 1. The van der Waals surface area contributed by atoms with Crippen LogP contribution in [0.15, 0.2) is 11.9 Å². The van der Waals surface area contributed by atoms with Crippen LogP contribution in [0.3, 0.4) is 0 Å². The lowest BCUT2D eigenvalue weighted by Gasteiger charge is -2.16. The summed E-state index contributed by atoms with van der Waals surface area (Å²) in [7, 11) is 0. The summed E-state index contributed by atoms with van der Waals surface area (Å²) in [6.45, 7) is 9.95. The molecule has 0 heterocycles. The molecule has 0 saturated carbocycles. The van der Waals surface area contributed by atoms with Gasteiger partial charge in [-0.15, -0.1) is 0 Å². The van der Waals surface area contributed by atoms with Crippen molar-refractivity contribution < 1.29 is 4.74 Å². The number of nitrogens with two attached hydrogens (primary N) is 2. The largest absolute Gasteiger partial charge is 0.401 e. The summed E-state index contributed by atoms with van der Waals surface area (Å²) in [4.78, 5) is 0. The van der Waals surface area contributed by atoms with Gasteiger partial charge in [-0.2, -0.15) is 0 Å². The van der Waals surface area contributed by atoms with Crippen LogP contribution in [0.1, 0.15) is 40.5 Å². The van der Waals surface area contributed by atoms with Gasteiger partial charge in [0.2, 0.25) is 0 Å². The lowest BCUT2D eigenvalue weighted by atomic mass is 10.1. The van der Waals surface area contributed by atoms with Crippen molar-refractivity contribution in [3.8, 4) is 0 Å². The number of rotatable bonds is 8. The van der Waals surface area contributed by atoms with E-state index in [1.807, 2.05) is 13.8 Å². The van der Waals surface area contributed by atoms with E-state index in [9.17, 15) is 0 Å². The Balaban J connectivity index is 3.77. The van der Waals surface area contributed by atoms with Gasteiger partial charge < -0.3 is 15.5 Å². The van der Waals surface area contributed by atoms with Crippen LogP contribution in [-0.4, -0.2) is 24.3 Å². The summed E-state index contributed by atoms with van der Waals surface area (Å²) >= 11 is 0. The maximum atomic E-state index is 5.84. The third kappa shape index (κ3) is 8.56. The highest BCUT2D eigenvalue weighted by Gasteiger charge is 2.05. The minimum absolute atomic E-state index is 0.153. The van der Waals surface area contributed by atoms with Crippen molar-refractivity contribution >= 4 is 0 Å². The van der Waals surface area contributed by atoms with E-state index in [0.717, 1.165) is 31.7 Å². The number of hydrogen-bond acceptors (Lipinski definition) is 4. The molecular formula is C12H27N3O. The molecule has 0 aromatic rings. The van der Waals surface area contributed by atoms with E-state index in [1.54, 1.807) is 11.2 Å². The zero-order valence-electron chi connectivity index (χ0n) is 11.1. The molecule has 0 aliphatic carbocycles. The maximum Gasteiger partial charge on any atom is 0.0601 e. The molecule has 0 fully saturated rings. The van der Waals surface area contributed by atoms with Crippen molar-refractivity contribution in [1.82, 2.24) is 5.01 Å². The lowest BCUT2D eigenvalue weighted by molar-refractivity contribution is 0.0587. The number of hydrogen-bond donors (Lipinski definition) is 2. The normalized spacial score (nSPS) is 14.2. The molecular weight excluding hydrogens is 202 g/mol. The first-order chi connectivity index (χ1) is 7.45. The van der Waals surface area contributed by atoms with Gasteiger partial charge in [-0.3, -0.25) is 0 Å². The van der Waals surface area contributed by atoms with Crippen LogP contribution in [0.2, 0.25) is 0 Å². The Morgan fingerprint density at radius 2 is 2.00 bits per heavy atom. The zero-order valence-corrected chi connectivity index (χ0v) is 11.1. The average Bonchev–Trinajstić information content (AvgIpc) is 2.16. The third-order valence-electron chi connectivity index (χ3n) is 2.32. The predicted octanol–water partition coefficient (Wildman–Crippen LogP) is 1.82. The first-order valence-corrected chi connectivity index (χ1v) is 6.04. The molecule has 0 aromatic carbocycles. The van der Waals surface area contributed by atoms with Crippen LogP contribution in [0.25, 0.3) is 0 Å². The van der Waals surface area contributed by atoms with Crippen LogP contribution < -0.4 is 11.6 Å². The SMILES string of the molecule is CCN(N)/C=C(\N)CC(C)OCCC(C)C. The summed E-state index contributed by atoms with van der Waals surface area (Å²) in [5.41, 5.74) is 6.61. The van der Waals surface area contributed by atoms with E-state index in [2.05, 4.69) is 13.8 Å². The lowest BCUT2D eigenvalue weighted by Crippen LogP contribution is -2.26. The van der Waals surface area contributed by atoms with E-state index in [0.29, 0.717) is 5.92 Å². The molecule has 0 bridgehead atoms. The second-order valence-corrected chi connectivity index (χ2v) is 4.60. The molecule has 0 rings (SSSR count). The van der Waals surface area contributed by atoms with E-state index in [-0.39, 0.29) is 6.10 Å². The highest BCUT2D eigenvalue weighted by atomic mass is 16.5. The fourth-order valence-electron chi connectivity index (χ4n) is 1.25. The van der Waals surface area contributed by atoms with Crippen LogP contribution >= 0.6 is 0 Å². The summed E-state index contributed by atoms with van der Waals surface area (Å²) < 4.78 is 5.66. The second-order valence-electron chi connectivity index (χ2n) is 4.60. The minimum Gasteiger partial charge on any atom is -0.401 e. The van der Waals surface area contributed by atoms with Crippen LogP contribution in [-0.2, 0) is 4.74 Å². The van der Waals surface area contributed by atoms with Crippen molar-refractivity contribution in [1.29, 1.82) is 0 Å². The van der Waals surface area contributed by atoms with Gasteiger partial charge in [0.1, 0.15) is 0 Å². The molecule has 0 amide bonds. The molecule has 0 radical (unpaired) electrons. The fraction of sp³-hybridized carbons (Fsp3) is 0.833. The van der Waals surface area contributed by atoms with E-state index < -0.39 is 0 Å². The molecule has 16 heavy (non-hydrogen) atoms. The first-order valence-electron chi connectivity index (χ1n) is 6.04. The molecule has 1 atom stereocenters. The molecule has 96 valence electrons. The Kier molecular flexibility index (Phi) is 8.03. The van der Waals surface area contributed by atoms with Crippen LogP contribution in [0.5, 0.6) is 0 Å². The highest BCUT2D eigenvalue weighted by Crippen LogP contribution is 2.06. The van der Waals surface area contributed by atoms with Gasteiger partial charge in [0.05, 0.1) is 6.10 Å². The molecule has 1 unspecified atom stereocenters. The maximum absolute atomic E-state index is 5.84. The van der Waals surface area contributed by atoms with Crippen molar-refractivity contribution in [2.45, 2.75) is 46.6 Å². The van der Waals surface area contributed by atoms with Crippen molar-refractivity contribution in [3.63, 3.8) is 0 Å². The van der Waals surface area contributed by atoms with E-state index in [4.69, 9.17) is 16.3 Å². The van der Waals surface area contributed by atoms with Crippen LogP contribution in [0.4, 0.5) is 0 Å². The Morgan fingerprint density at radius 3 is 2.50 bits per heavy atom. The van der Waals surface area contributed by atoms with Crippen LogP contribution in [0, 0.1) is 5.92 Å². The smallest absolute Gasteiger partial charge is 0.0601 e. The summed E-state index contributed by atoms with van der Waals surface area (Å²) in [5, 5.41) is 1.58. The Labute approximate surface area is 99.6 Å². The predicted molar refractivity (Wildman–Crippen MR) is 68.3 cm³/mol. The topological polar surface area (TPSA) is 64.5 Å². The molecule has 4 nitrogen and oxygen atoms in total. The molecule has 0 aromatic heterocycles. The zero-order chi connectivity index (χ0) is 12.6. The first kappa shape index (κ1) is 15.3. The number of ether oxygens (including phenoxy) is 1. The second kappa shape index (κ2) is 8.42. The highest BCUT2D eigenvalue weighted by molar-refractivity contribution is 4.96. The monoisotopic (exact) mass is 229 g/mol. The third-order valence-corrected chi connectivity index (χ3v) is 2.32. The van der Waals surface area contributed by atoms with Gasteiger partial charge in [-0.25, -0.2) is 5.84 Å². The van der Waals surface area contributed by atoms with Gasteiger partial charge in [0.15, 0.2) is 0 Å². The average molecular weight is 229 g/mol. The molecule has 0 saturated heterocycles. The molecule has 0 aliphatic rings. The Bertz CT molecular complexity index is 204. The number of hydrazine groups is 1. The molecule has 4 N–H and O–H groups in total. The fourth-order valence-corrected chi connectivity index (χ4v) is 1.25. The minimum atomic E-state index is 0.153. The summed E-state index contributed by atoms with van der Waals surface area (Å²) in [6, 6.07) is 0. The molecule has 0 spiro atoms. The van der Waals surface area contributed by atoms with E-state index >= 15 is 0 Å². The van der Waals surface area contributed by atoms with Gasteiger partial charge in [0.25, 0.3) is 0 Å². The molecule has 0 aliphatic heterocycles. The summed E-state index contributed by atoms with van der Waals surface area (Å²) in [6.07, 6.45) is 3.74. The van der Waals surface area contributed by atoms with Crippen molar-refractivity contribution in [2.75, 3.05) is 13.2 Å². The summed E-state index contributed by atoms with van der Waals surface area (Å²) in [5.74, 6) is 6.31. The molecule has 4 heteroatoms. The van der Waals surface area contributed by atoms with Gasteiger partial charge in [-0.1, -0.05) is 13.8 Å². The van der Waals surface area contributed by atoms with Crippen molar-refractivity contribution in [3.05, 3.63) is 11.9 Å². The Morgan fingerprint density at radius 1 is 1.38 bits per heavy atom. The standard InChI is InChI=1S/C12H27N3O/c1-5-15(14)9-12(13)8-11(4)16-7-6-10(2)3/h9-11H,5-8,13-14H2,1-4H3/b12-9-. The van der Waals surface area contributed by atoms with Crippen molar-refractivity contribution in [2.24, 2.45) is 17.5 Å². The van der Waals surface area contributed by atoms with Gasteiger partial charge in [0, 0.05) is 31.5 Å². The van der Waals surface area contributed by atoms with E-state index in [1.165, 1.54) is 0 Å². The van der Waals surface area contributed by atoms with Gasteiger partial charge >= 0.3 is 0 Å². The van der Waals surface area contributed by atoms with Gasteiger partial charge in [-0.05, 0) is 26.2 Å². The quantitative estimate of drug-likeness (QED) is 0.492.